The van der Waals surface area contributed by atoms with Gasteiger partial charge < -0.3 is 20.1 Å². The average Bonchev–Trinajstić information content (AvgIpc) is 2.96. The minimum absolute atomic E-state index is 0.139. The number of benzene rings is 3. The molecule has 0 radical (unpaired) electrons. The van der Waals surface area contributed by atoms with E-state index in [0.29, 0.717) is 25.5 Å². The van der Waals surface area contributed by atoms with Crippen LogP contribution in [0.3, 0.4) is 0 Å². The van der Waals surface area contributed by atoms with Crippen LogP contribution < -0.4 is 15.4 Å². The van der Waals surface area contributed by atoms with Gasteiger partial charge in [-0.05, 0) is 47.6 Å². The van der Waals surface area contributed by atoms with Crippen molar-refractivity contribution in [1.29, 1.82) is 0 Å². The van der Waals surface area contributed by atoms with Gasteiger partial charge in [-0.15, -0.1) is 0 Å². The first-order valence-electron chi connectivity index (χ1n) is 13.2. The Balaban J connectivity index is 1.25. The summed E-state index contributed by atoms with van der Waals surface area (Å²) in [5.74, 6) is 1.17. The van der Waals surface area contributed by atoms with Crippen LogP contribution in [0, 0.1) is 0 Å². The highest BCUT2D eigenvalue weighted by Gasteiger charge is 2.22. The van der Waals surface area contributed by atoms with Crippen molar-refractivity contribution in [3.8, 4) is 5.75 Å². The van der Waals surface area contributed by atoms with Crippen LogP contribution in [0.1, 0.15) is 54.7 Å². The lowest BCUT2D eigenvalue weighted by atomic mass is 9.84. The highest BCUT2D eigenvalue weighted by atomic mass is 16.5. The summed E-state index contributed by atoms with van der Waals surface area (Å²) in [4.78, 5) is 25.4. The van der Waals surface area contributed by atoms with Crippen LogP contribution in [0.4, 0.5) is 4.79 Å². The molecule has 2 amide bonds. The maximum absolute atomic E-state index is 13.0. The Morgan fingerprint density at radius 3 is 2.14 bits per heavy atom. The van der Waals surface area contributed by atoms with Gasteiger partial charge in [0.2, 0.25) is 5.91 Å². The molecule has 4 rings (SSSR count). The molecule has 37 heavy (non-hydrogen) atoms. The van der Waals surface area contributed by atoms with Crippen molar-refractivity contribution in [2.24, 2.45) is 0 Å². The molecule has 0 saturated heterocycles. The molecular formula is C31H36N2O4. The number of alkyl carbamates (subject to hydrolysis) is 1. The van der Waals surface area contributed by atoms with Gasteiger partial charge in [0.15, 0.2) is 0 Å². The van der Waals surface area contributed by atoms with Crippen LogP contribution in [0.5, 0.6) is 5.75 Å². The van der Waals surface area contributed by atoms with E-state index in [1.54, 1.807) is 0 Å². The largest absolute Gasteiger partial charge is 0.492 e. The molecule has 194 valence electrons. The number of carbonyl (C=O) groups is 2. The second-order valence-electron chi connectivity index (χ2n) is 9.49. The molecule has 3 aromatic carbocycles. The Bertz CT molecular complexity index is 1100. The van der Waals surface area contributed by atoms with E-state index in [-0.39, 0.29) is 12.5 Å². The first-order valence-corrected chi connectivity index (χ1v) is 13.2. The lowest BCUT2D eigenvalue weighted by molar-refractivity contribution is -0.123. The Morgan fingerprint density at radius 1 is 0.811 bits per heavy atom. The predicted octanol–water partition coefficient (Wildman–Crippen LogP) is 5.77. The molecule has 0 bridgehead atoms. The molecule has 3 aromatic rings. The lowest BCUT2D eigenvalue weighted by Crippen LogP contribution is -2.48. The molecule has 6 nitrogen and oxygen atoms in total. The van der Waals surface area contributed by atoms with Gasteiger partial charge in [0, 0.05) is 6.42 Å². The molecule has 0 aromatic heterocycles. The predicted molar refractivity (Wildman–Crippen MR) is 144 cm³/mol. The zero-order valence-corrected chi connectivity index (χ0v) is 21.2. The first-order chi connectivity index (χ1) is 18.2. The van der Waals surface area contributed by atoms with Crippen molar-refractivity contribution >= 4 is 12.0 Å². The van der Waals surface area contributed by atoms with Gasteiger partial charge in [-0.3, -0.25) is 4.79 Å². The number of hydrogen-bond donors (Lipinski definition) is 2. The molecule has 0 spiro atoms. The lowest BCUT2D eigenvalue weighted by Gasteiger charge is -2.22. The number of amides is 2. The molecule has 1 aliphatic rings. The molecule has 1 fully saturated rings. The summed E-state index contributed by atoms with van der Waals surface area (Å²) in [6, 6.07) is 26.6. The maximum Gasteiger partial charge on any atom is 0.408 e. The molecule has 0 aliphatic heterocycles. The van der Waals surface area contributed by atoms with E-state index in [0.717, 1.165) is 16.9 Å². The second-order valence-corrected chi connectivity index (χ2v) is 9.49. The van der Waals surface area contributed by atoms with Crippen molar-refractivity contribution in [1.82, 2.24) is 10.6 Å². The minimum atomic E-state index is -0.763. The molecule has 6 heteroatoms. The molecule has 1 aliphatic carbocycles. The second kappa shape index (κ2) is 14.1. The van der Waals surface area contributed by atoms with E-state index in [1.165, 1.54) is 37.7 Å². The fourth-order valence-electron chi connectivity index (χ4n) is 4.70. The molecule has 0 heterocycles. The first kappa shape index (κ1) is 26.3. The smallest absolute Gasteiger partial charge is 0.408 e. The van der Waals surface area contributed by atoms with Crippen LogP contribution in [0.25, 0.3) is 0 Å². The summed E-state index contributed by atoms with van der Waals surface area (Å²) in [5.41, 5.74) is 3.21. The Kier molecular flexibility index (Phi) is 9.99. The van der Waals surface area contributed by atoms with E-state index in [1.807, 2.05) is 72.8 Å². The van der Waals surface area contributed by atoms with Crippen LogP contribution in [0.15, 0.2) is 84.9 Å². The highest BCUT2D eigenvalue weighted by Crippen LogP contribution is 2.33. The molecule has 1 saturated carbocycles. The van der Waals surface area contributed by atoms with Gasteiger partial charge in [-0.2, -0.15) is 0 Å². The average molecular weight is 501 g/mol. The summed E-state index contributed by atoms with van der Waals surface area (Å²) in [7, 11) is 0. The van der Waals surface area contributed by atoms with Crippen molar-refractivity contribution in [3.63, 3.8) is 0 Å². The standard InChI is InChI=1S/C31H36N2O4/c34-30(32-20-21-36-28-18-16-27(17-19-28)26-14-8-3-9-15-26)29(22-24-10-4-1-5-11-24)33-31(35)37-23-25-12-6-2-7-13-25/h1-2,4-7,10-13,16-19,26,29H,3,8-9,14-15,20-23H2,(H,32,34)(H,33,35). The van der Waals surface area contributed by atoms with Crippen LogP contribution >= 0.6 is 0 Å². The minimum Gasteiger partial charge on any atom is -0.492 e. The third-order valence-corrected chi connectivity index (χ3v) is 6.73. The van der Waals surface area contributed by atoms with Crippen molar-refractivity contribution in [2.45, 2.75) is 57.1 Å². The van der Waals surface area contributed by atoms with Crippen molar-refractivity contribution in [3.05, 3.63) is 102 Å². The highest BCUT2D eigenvalue weighted by molar-refractivity contribution is 5.85. The number of hydrogen-bond acceptors (Lipinski definition) is 4. The fourth-order valence-corrected chi connectivity index (χ4v) is 4.70. The van der Waals surface area contributed by atoms with Crippen LogP contribution in [0.2, 0.25) is 0 Å². The summed E-state index contributed by atoms with van der Waals surface area (Å²) in [5, 5.41) is 5.60. The number of rotatable bonds is 11. The van der Waals surface area contributed by atoms with E-state index in [9.17, 15) is 9.59 Å². The quantitative estimate of drug-likeness (QED) is 0.328. The van der Waals surface area contributed by atoms with Gasteiger partial charge in [-0.1, -0.05) is 92.1 Å². The summed E-state index contributed by atoms with van der Waals surface area (Å²) >= 11 is 0. The van der Waals surface area contributed by atoms with Gasteiger partial charge >= 0.3 is 6.09 Å². The zero-order valence-electron chi connectivity index (χ0n) is 21.2. The molecule has 1 atom stereocenters. The van der Waals surface area contributed by atoms with E-state index >= 15 is 0 Å². The summed E-state index contributed by atoms with van der Waals surface area (Å²) in [6.07, 6.45) is 6.24. The monoisotopic (exact) mass is 500 g/mol. The summed E-state index contributed by atoms with van der Waals surface area (Å²) in [6.45, 7) is 0.806. The van der Waals surface area contributed by atoms with Crippen molar-refractivity contribution in [2.75, 3.05) is 13.2 Å². The molecule has 1 unspecified atom stereocenters. The van der Waals surface area contributed by atoms with Crippen LogP contribution in [-0.2, 0) is 22.6 Å². The maximum atomic E-state index is 13.0. The van der Waals surface area contributed by atoms with Crippen molar-refractivity contribution < 1.29 is 19.1 Å². The number of nitrogens with one attached hydrogen (secondary N) is 2. The fraction of sp³-hybridized carbons (Fsp3) is 0.355. The normalized spacial score (nSPS) is 14.4. The third-order valence-electron chi connectivity index (χ3n) is 6.73. The van der Waals surface area contributed by atoms with Gasteiger partial charge in [0.25, 0.3) is 0 Å². The zero-order chi connectivity index (χ0) is 25.7. The molecular weight excluding hydrogens is 464 g/mol. The topological polar surface area (TPSA) is 76.7 Å². The van der Waals surface area contributed by atoms with Gasteiger partial charge in [0.1, 0.15) is 25.0 Å². The Labute approximate surface area is 219 Å². The number of carbonyl (C=O) groups excluding carboxylic acids is 2. The Morgan fingerprint density at radius 2 is 1.46 bits per heavy atom. The SMILES string of the molecule is O=C(NC(Cc1ccccc1)C(=O)NCCOc1ccc(C2CCCCC2)cc1)OCc1ccccc1. The van der Waals surface area contributed by atoms with Gasteiger partial charge in [-0.25, -0.2) is 4.79 Å². The van der Waals surface area contributed by atoms with Crippen LogP contribution in [-0.4, -0.2) is 31.2 Å². The summed E-state index contributed by atoms with van der Waals surface area (Å²) < 4.78 is 11.2. The van der Waals surface area contributed by atoms with E-state index in [4.69, 9.17) is 9.47 Å². The van der Waals surface area contributed by atoms with E-state index < -0.39 is 12.1 Å². The Hall–Kier alpha value is -3.80. The third kappa shape index (κ3) is 8.67. The number of ether oxygens (including phenoxy) is 2. The van der Waals surface area contributed by atoms with Gasteiger partial charge in [0.05, 0.1) is 6.54 Å². The molecule has 2 N–H and O–H groups in total. The van der Waals surface area contributed by atoms with E-state index in [2.05, 4.69) is 22.8 Å².